The minimum absolute atomic E-state index is 0.252. The smallest absolute Gasteiger partial charge is 0.414 e. The molecule has 0 aliphatic carbocycles. The third kappa shape index (κ3) is 3.23. The number of cyclic esters (lactones) is 1. The number of benzene rings is 1. The first kappa shape index (κ1) is 14.8. The second-order valence-electron chi connectivity index (χ2n) is 4.87. The highest BCUT2D eigenvalue weighted by molar-refractivity contribution is 5.90. The summed E-state index contributed by atoms with van der Waals surface area (Å²) in [4.78, 5) is 28.6. The Bertz CT molecular complexity index is 686. The van der Waals surface area contributed by atoms with E-state index in [1.54, 1.807) is 24.3 Å². The molecule has 0 spiro atoms. The van der Waals surface area contributed by atoms with E-state index in [2.05, 4.69) is 20.8 Å². The van der Waals surface area contributed by atoms with Crippen molar-refractivity contribution >= 4 is 17.8 Å². The van der Waals surface area contributed by atoms with Crippen LogP contribution in [0.3, 0.4) is 0 Å². The standard InChI is InChI=1S/C14H15N5O4/c1-15-13(20)16-6-11-7-19(14(21)22-11)10-4-2-9(3-5-10)12-17-8-18-23-12/h2-5,8,11H,6-7H2,1H3,(H2,15,16,20). The molecule has 2 N–H and O–H groups in total. The molecule has 9 nitrogen and oxygen atoms in total. The first-order chi connectivity index (χ1) is 11.2. The molecule has 1 unspecified atom stereocenters. The van der Waals surface area contributed by atoms with Gasteiger partial charge in [-0.25, -0.2) is 9.59 Å². The average Bonchev–Trinajstić information content (AvgIpc) is 3.22. The first-order valence-electron chi connectivity index (χ1n) is 6.98. The molecule has 3 amide bonds. The molecule has 9 heteroatoms. The molecule has 1 aliphatic rings. The van der Waals surface area contributed by atoms with Crippen molar-refractivity contribution in [3.05, 3.63) is 30.6 Å². The zero-order chi connectivity index (χ0) is 16.2. The normalized spacial score (nSPS) is 17.0. The van der Waals surface area contributed by atoms with Crippen molar-refractivity contribution in [2.45, 2.75) is 6.10 Å². The molecule has 1 atom stereocenters. The lowest BCUT2D eigenvalue weighted by atomic mass is 10.2. The van der Waals surface area contributed by atoms with Gasteiger partial charge >= 0.3 is 12.1 Å². The lowest BCUT2D eigenvalue weighted by Gasteiger charge is -2.13. The van der Waals surface area contributed by atoms with E-state index in [9.17, 15) is 9.59 Å². The maximum Gasteiger partial charge on any atom is 0.414 e. The highest BCUT2D eigenvalue weighted by Gasteiger charge is 2.32. The van der Waals surface area contributed by atoms with Crippen LogP contribution in [-0.4, -0.2) is 48.5 Å². The highest BCUT2D eigenvalue weighted by Crippen LogP contribution is 2.24. The Kier molecular flexibility index (Phi) is 4.09. The summed E-state index contributed by atoms with van der Waals surface area (Å²) in [6, 6.07) is 6.80. The van der Waals surface area contributed by atoms with Gasteiger partial charge in [0, 0.05) is 18.3 Å². The lowest BCUT2D eigenvalue weighted by molar-refractivity contribution is 0.140. The summed E-state index contributed by atoms with van der Waals surface area (Å²) >= 11 is 0. The number of nitrogens with zero attached hydrogens (tertiary/aromatic N) is 3. The van der Waals surface area contributed by atoms with Gasteiger partial charge in [0.2, 0.25) is 0 Å². The van der Waals surface area contributed by atoms with Crippen LogP contribution < -0.4 is 15.5 Å². The van der Waals surface area contributed by atoms with Crippen molar-refractivity contribution in [1.29, 1.82) is 0 Å². The Hall–Kier alpha value is -3.10. The van der Waals surface area contributed by atoms with Gasteiger partial charge in [-0.3, -0.25) is 4.90 Å². The summed E-state index contributed by atoms with van der Waals surface area (Å²) in [5.41, 5.74) is 1.46. The van der Waals surface area contributed by atoms with Gasteiger partial charge in [0.15, 0.2) is 6.33 Å². The summed E-state index contributed by atoms with van der Waals surface area (Å²) < 4.78 is 10.2. The van der Waals surface area contributed by atoms with Gasteiger partial charge in [0.25, 0.3) is 5.89 Å². The van der Waals surface area contributed by atoms with Gasteiger partial charge in [-0.05, 0) is 24.3 Å². The van der Waals surface area contributed by atoms with Gasteiger partial charge in [0.1, 0.15) is 6.10 Å². The van der Waals surface area contributed by atoms with Crippen LogP contribution in [0, 0.1) is 0 Å². The number of carbonyl (C=O) groups is 2. The van der Waals surface area contributed by atoms with E-state index in [0.29, 0.717) is 18.1 Å². The molecule has 3 rings (SSSR count). The summed E-state index contributed by atoms with van der Waals surface area (Å²) in [7, 11) is 1.52. The average molecular weight is 317 g/mol. The van der Waals surface area contributed by atoms with Crippen LogP contribution in [0.4, 0.5) is 15.3 Å². The second-order valence-corrected chi connectivity index (χ2v) is 4.87. The first-order valence-corrected chi connectivity index (χ1v) is 6.98. The maximum absolute atomic E-state index is 11.9. The Labute approximate surface area is 131 Å². The van der Waals surface area contributed by atoms with Crippen molar-refractivity contribution in [3.63, 3.8) is 0 Å². The van der Waals surface area contributed by atoms with E-state index >= 15 is 0 Å². The molecule has 1 aliphatic heterocycles. The van der Waals surface area contributed by atoms with E-state index in [1.807, 2.05) is 0 Å². The zero-order valence-corrected chi connectivity index (χ0v) is 12.4. The van der Waals surface area contributed by atoms with Crippen molar-refractivity contribution in [2.24, 2.45) is 0 Å². The Balaban J connectivity index is 1.65. The summed E-state index contributed by atoms with van der Waals surface area (Å²) in [5, 5.41) is 8.60. The van der Waals surface area contributed by atoms with E-state index in [4.69, 9.17) is 9.26 Å². The number of nitrogens with one attached hydrogen (secondary N) is 2. The summed E-state index contributed by atoms with van der Waals surface area (Å²) in [5.74, 6) is 0.410. The van der Waals surface area contributed by atoms with Crippen LogP contribution in [0.25, 0.3) is 11.5 Å². The van der Waals surface area contributed by atoms with Gasteiger partial charge < -0.3 is 19.9 Å². The van der Waals surface area contributed by atoms with Gasteiger partial charge in [-0.1, -0.05) is 5.16 Å². The van der Waals surface area contributed by atoms with Crippen molar-refractivity contribution < 1.29 is 18.8 Å². The predicted octanol–water partition coefficient (Wildman–Crippen LogP) is 0.991. The number of hydrogen-bond acceptors (Lipinski definition) is 6. The van der Waals surface area contributed by atoms with E-state index < -0.39 is 12.2 Å². The second kappa shape index (κ2) is 6.34. The predicted molar refractivity (Wildman–Crippen MR) is 79.8 cm³/mol. The van der Waals surface area contributed by atoms with E-state index in [0.717, 1.165) is 5.56 Å². The fourth-order valence-electron chi connectivity index (χ4n) is 2.22. The number of urea groups is 1. The molecule has 1 aromatic heterocycles. The number of rotatable bonds is 4. The minimum atomic E-state index is -0.445. The number of hydrogen-bond donors (Lipinski definition) is 2. The SMILES string of the molecule is CNC(=O)NCC1CN(c2ccc(-c3ncno3)cc2)C(=O)O1. The van der Waals surface area contributed by atoms with E-state index in [-0.39, 0.29) is 12.6 Å². The molecule has 1 aromatic carbocycles. The Morgan fingerprint density at radius 3 is 2.83 bits per heavy atom. The molecule has 2 heterocycles. The van der Waals surface area contributed by atoms with Crippen molar-refractivity contribution in [2.75, 3.05) is 25.0 Å². The Morgan fingerprint density at radius 1 is 1.39 bits per heavy atom. The highest BCUT2D eigenvalue weighted by atomic mass is 16.6. The fourth-order valence-corrected chi connectivity index (χ4v) is 2.22. The molecule has 23 heavy (non-hydrogen) atoms. The van der Waals surface area contributed by atoms with Crippen LogP contribution in [0.2, 0.25) is 0 Å². The third-order valence-corrected chi connectivity index (χ3v) is 3.38. The number of amides is 3. The largest absolute Gasteiger partial charge is 0.442 e. The topological polar surface area (TPSA) is 110 Å². The van der Waals surface area contributed by atoms with Crippen LogP contribution in [0.1, 0.15) is 0 Å². The number of ether oxygens (including phenoxy) is 1. The lowest BCUT2D eigenvalue weighted by Crippen LogP contribution is -2.39. The molecule has 0 radical (unpaired) electrons. The van der Waals surface area contributed by atoms with Gasteiger partial charge in [-0.15, -0.1) is 0 Å². The van der Waals surface area contributed by atoms with Crippen molar-refractivity contribution in [1.82, 2.24) is 20.8 Å². The summed E-state index contributed by atoms with van der Waals surface area (Å²) in [6.45, 7) is 0.616. The molecule has 1 fully saturated rings. The summed E-state index contributed by atoms with van der Waals surface area (Å²) in [6.07, 6.45) is 0.486. The van der Waals surface area contributed by atoms with Crippen molar-refractivity contribution in [3.8, 4) is 11.5 Å². The molecular formula is C14H15N5O4. The number of aromatic nitrogens is 2. The van der Waals surface area contributed by atoms with Gasteiger partial charge in [-0.2, -0.15) is 4.98 Å². The Morgan fingerprint density at radius 2 is 2.17 bits per heavy atom. The zero-order valence-electron chi connectivity index (χ0n) is 12.4. The molecule has 120 valence electrons. The molecule has 0 saturated carbocycles. The number of anilines is 1. The van der Waals surface area contributed by atoms with E-state index in [1.165, 1.54) is 18.3 Å². The van der Waals surface area contributed by atoms with Gasteiger partial charge in [0.05, 0.1) is 13.1 Å². The maximum atomic E-state index is 11.9. The molecular weight excluding hydrogens is 302 g/mol. The minimum Gasteiger partial charge on any atom is -0.442 e. The van der Waals surface area contributed by atoms with Crippen LogP contribution in [-0.2, 0) is 4.74 Å². The number of carbonyl (C=O) groups excluding carboxylic acids is 2. The fraction of sp³-hybridized carbons (Fsp3) is 0.286. The molecule has 2 aromatic rings. The quantitative estimate of drug-likeness (QED) is 0.870. The monoisotopic (exact) mass is 317 g/mol. The molecule has 1 saturated heterocycles. The van der Waals surface area contributed by atoms with Crippen LogP contribution in [0.5, 0.6) is 0 Å². The van der Waals surface area contributed by atoms with Crippen LogP contribution >= 0.6 is 0 Å². The van der Waals surface area contributed by atoms with Crippen LogP contribution in [0.15, 0.2) is 35.1 Å². The molecule has 0 bridgehead atoms. The third-order valence-electron chi connectivity index (χ3n) is 3.38.